The average molecular weight is 277 g/mol. The van der Waals surface area contributed by atoms with E-state index in [1.165, 1.54) is 57.4 Å². The van der Waals surface area contributed by atoms with Crippen molar-refractivity contribution in [2.24, 2.45) is 0 Å². The number of rotatable bonds is 2. The highest BCUT2D eigenvalue weighted by molar-refractivity contribution is 5.24. The van der Waals surface area contributed by atoms with Crippen molar-refractivity contribution in [3.05, 3.63) is 17.0 Å². The number of piperidine rings is 1. The number of hydrogen-bond donors (Lipinski definition) is 0. The zero-order chi connectivity index (χ0) is 14.1. The highest BCUT2D eigenvalue weighted by atomic mass is 16.5. The minimum atomic E-state index is 0.420. The predicted molar refractivity (Wildman–Crippen MR) is 79.8 cm³/mol. The average Bonchev–Trinajstić information content (AvgIpc) is 2.66. The molecule has 112 valence electrons. The number of aryl methyl sites for hydroxylation is 2. The van der Waals surface area contributed by atoms with Gasteiger partial charge in [-0.2, -0.15) is 0 Å². The molecule has 0 saturated carbocycles. The maximum absolute atomic E-state index is 5.36. The van der Waals surface area contributed by atoms with Crippen LogP contribution < -0.4 is 0 Å². The van der Waals surface area contributed by atoms with Crippen LogP contribution in [0.2, 0.25) is 0 Å². The zero-order valence-electron chi connectivity index (χ0n) is 13.1. The summed E-state index contributed by atoms with van der Waals surface area (Å²) in [6.07, 6.45) is 5.43. The zero-order valence-corrected chi connectivity index (χ0v) is 13.1. The molecule has 20 heavy (non-hydrogen) atoms. The summed E-state index contributed by atoms with van der Waals surface area (Å²) in [6, 6.07) is 1.18. The van der Waals surface area contributed by atoms with Gasteiger partial charge in [0.2, 0.25) is 0 Å². The first-order valence-electron chi connectivity index (χ1n) is 8.07. The van der Waals surface area contributed by atoms with Crippen molar-refractivity contribution >= 4 is 0 Å². The van der Waals surface area contributed by atoms with Crippen LogP contribution in [-0.4, -0.2) is 47.2 Å². The Kier molecular flexibility index (Phi) is 4.13. The van der Waals surface area contributed by atoms with Crippen molar-refractivity contribution in [1.29, 1.82) is 0 Å². The van der Waals surface area contributed by atoms with Crippen LogP contribution in [0.15, 0.2) is 4.52 Å². The van der Waals surface area contributed by atoms with Gasteiger partial charge in [0, 0.05) is 30.7 Å². The van der Waals surface area contributed by atoms with Crippen molar-refractivity contribution in [3.8, 4) is 0 Å². The van der Waals surface area contributed by atoms with Gasteiger partial charge < -0.3 is 4.52 Å². The van der Waals surface area contributed by atoms with E-state index < -0.39 is 0 Å². The Hall–Kier alpha value is -0.870. The second-order valence-corrected chi connectivity index (χ2v) is 6.45. The molecule has 3 heterocycles. The minimum absolute atomic E-state index is 0.420. The van der Waals surface area contributed by atoms with Gasteiger partial charge in [0.1, 0.15) is 5.76 Å². The highest BCUT2D eigenvalue weighted by Gasteiger charge is 2.30. The molecule has 2 fully saturated rings. The minimum Gasteiger partial charge on any atom is -0.361 e. The van der Waals surface area contributed by atoms with Crippen LogP contribution >= 0.6 is 0 Å². The van der Waals surface area contributed by atoms with Crippen LogP contribution in [0.5, 0.6) is 0 Å². The first kappa shape index (κ1) is 14.1. The number of hydrogen-bond acceptors (Lipinski definition) is 4. The van der Waals surface area contributed by atoms with Gasteiger partial charge in [0.05, 0.1) is 5.69 Å². The third-order valence-corrected chi connectivity index (χ3v) is 5.14. The molecule has 0 amide bonds. The molecule has 3 rings (SSSR count). The summed E-state index contributed by atoms with van der Waals surface area (Å²) in [6.45, 7) is 11.4. The van der Waals surface area contributed by atoms with Crippen molar-refractivity contribution in [2.75, 3.05) is 26.2 Å². The maximum atomic E-state index is 5.36. The fourth-order valence-corrected chi connectivity index (χ4v) is 4.02. The number of fused-ring (bicyclic) bond motifs is 1. The molecule has 4 nitrogen and oxygen atoms in total. The third-order valence-electron chi connectivity index (χ3n) is 5.14. The van der Waals surface area contributed by atoms with Crippen molar-refractivity contribution in [1.82, 2.24) is 15.0 Å². The number of aromatic nitrogens is 1. The van der Waals surface area contributed by atoms with Crippen LogP contribution in [-0.2, 0) is 0 Å². The molecule has 1 aromatic rings. The van der Waals surface area contributed by atoms with Crippen molar-refractivity contribution in [2.45, 2.75) is 58.5 Å². The van der Waals surface area contributed by atoms with E-state index in [1.807, 2.05) is 6.92 Å². The Morgan fingerprint density at radius 1 is 1.15 bits per heavy atom. The normalized spacial score (nSPS) is 27.1. The smallest absolute Gasteiger partial charge is 0.138 e. The van der Waals surface area contributed by atoms with Gasteiger partial charge in [0.15, 0.2) is 0 Å². The molecule has 0 radical (unpaired) electrons. The first-order chi connectivity index (χ1) is 9.66. The fraction of sp³-hybridized carbons (Fsp3) is 0.812. The van der Waals surface area contributed by atoms with Crippen molar-refractivity contribution in [3.63, 3.8) is 0 Å². The van der Waals surface area contributed by atoms with Crippen LogP contribution in [0.3, 0.4) is 0 Å². The molecule has 1 aromatic heterocycles. The van der Waals surface area contributed by atoms with E-state index >= 15 is 0 Å². The van der Waals surface area contributed by atoms with Gasteiger partial charge in [-0.25, -0.2) is 0 Å². The topological polar surface area (TPSA) is 32.5 Å². The Balaban J connectivity index is 1.76. The molecule has 2 unspecified atom stereocenters. The molecular formula is C16H27N3O. The lowest BCUT2D eigenvalue weighted by Crippen LogP contribution is -2.44. The Morgan fingerprint density at radius 2 is 1.95 bits per heavy atom. The van der Waals surface area contributed by atoms with E-state index in [1.54, 1.807) is 0 Å². The van der Waals surface area contributed by atoms with Crippen LogP contribution in [0.1, 0.15) is 55.7 Å². The fourth-order valence-electron chi connectivity index (χ4n) is 4.02. The summed E-state index contributed by atoms with van der Waals surface area (Å²) in [5.41, 5.74) is 2.36. The van der Waals surface area contributed by atoms with E-state index in [-0.39, 0.29) is 0 Å². The van der Waals surface area contributed by atoms with E-state index in [0.29, 0.717) is 6.04 Å². The summed E-state index contributed by atoms with van der Waals surface area (Å²) in [5.74, 6) is 0.986. The summed E-state index contributed by atoms with van der Waals surface area (Å²) in [7, 11) is 0. The van der Waals surface area contributed by atoms with Gasteiger partial charge in [-0.15, -0.1) is 0 Å². The molecule has 0 N–H and O–H groups in total. The van der Waals surface area contributed by atoms with Crippen LogP contribution in [0, 0.1) is 13.8 Å². The van der Waals surface area contributed by atoms with E-state index in [0.717, 1.165) is 17.5 Å². The Morgan fingerprint density at radius 3 is 2.70 bits per heavy atom. The lowest BCUT2D eigenvalue weighted by molar-refractivity contribution is 0.122. The lowest BCUT2D eigenvalue weighted by Gasteiger charge is -2.37. The molecule has 0 aromatic carbocycles. The summed E-state index contributed by atoms with van der Waals surface area (Å²) in [5, 5.41) is 4.12. The molecule has 2 aliphatic rings. The summed E-state index contributed by atoms with van der Waals surface area (Å²) in [4.78, 5) is 5.35. The molecule has 2 atom stereocenters. The maximum Gasteiger partial charge on any atom is 0.138 e. The first-order valence-corrected chi connectivity index (χ1v) is 8.07. The second kappa shape index (κ2) is 5.86. The molecule has 0 bridgehead atoms. The molecule has 0 spiro atoms. The molecule has 0 aliphatic carbocycles. The van der Waals surface area contributed by atoms with E-state index in [4.69, 9.17) is 4.52 Å². The van der Waals surface area contributed by atoms with Gasteiger partial charge in [0.25, 0.3) is 0 Å². The van der Waals surface area contributed by atoms with Gasteiger partial charge in [-0.1, -0.05) is 11.6 Å². The Labute approximate surface area is 122 Å². The van der Waals surface area contributed by atoms with Gasteiger partial charge in [-0.3, -0.25) is 9.80 Å². The monoisotopic (exact) mass is 277 g/mol. The van der Waals surface area contributed by atoms with E-state index in [2.05, 4.69) is 28.8 Å². The standard InChI is InChI=1S/C16H27N3O/c1-12-16(14(3)20-17-12)13(2)19-10-6-9-18-8-5-4-7-15(18)11-19/h13,15H,4-11H2,1-3H3. The van der Waals surface area contributed by atoms with Crippen LogP contribution in [0.25, 0.3) is 0 Å². The molecule has 2 saturated heterocycles. The summed E-state index contributed by atoms with van der Waals surface area (Å²) < 4.78 is 5.36. The molecule has 4 heteroatoms. The van der Waals surface area contributed by atoms with Crippen LogP contribution in [0.4, 0.5) is 0 Å². The third kappa shape index (κ3) is 2.63. The lowest BCUT2D eigenvalue weighted by atomic mass is 10.0. The van der Waals surface area contributed by atoms with Gasteiger partial charge in [-0.05, 0) is 53.1 Å². The van der Waals surface area contributed by atoms with Gasteiger partial charge >= 0.3 is 0 Å². The van der Waals surface area contributed by atoms with Crippen molar-refractivity contribution < 1.29 is 4.52 Å². The Bertz CT molecular complexity index is 437. The molecule has 2 aliphatic heterocycles. The largest absolute Gasteiger partial charge is 0.361 e. The summed E-state index contributed by atoms with van der Waals surface area (Å²) >= 11 is 0. The predicted octanol–water partition coefficient (Wildman–Crippen LogP) is 2.91. The highest BCUT2D eigenvalue weighted by Crippen LogP contribution is 2.30. The quantitative estimate of drug-likeness (QED) is 0.832. The second-order valence-electron chi connectivity index (χ2n) is 6.45. The molecular weight excluding hydrogens is 250 g/mol. The van der Waals surface area contributed by atoms with E-state index in [9.17, 15) is 0 Å². The number of nitrogens with zero attached hydrogens (tertiary/aromatic N) is 3. The SMILES string of the molecule is Cc1noc(C)c1C(C)N1CCCN2CCCCC2C1.